The van der Waals surface area contributed by atoms with Crippen LogP contribution >= 0.6 is 0 Å². The molecule has 102 valence electrons. The third kappa shape index (κ3) is 2.72. The molecule has 1 aliphatic rings. The molecule has 1 aromatic rings. The smallest absolute Gasteiger partial charge is 0.260 e. The lowest BCUT2D eigenvalue weighted by molar-refractivity contribution is 0.0832. The third-order valence-electron chi connectivity index (χ3n) is 2.99. The van der Waals surface area contributed by atoms with Crippen molar-refractivity contribution in [3.05, 3.63) is 11.3 Å². The molecule has 8 heteroatoms. The van der Waals surface area contributed by atoms with Crippen LogP contribution in [-0.4, -0.2) is 43.0 Å². The Bertz CT molecular complexity index is 505. The summed E-state index contributed by atoms with van der Waals surface area (Å²) in [6, 6.07) is -0.132. The van der Waals surface area contributed by atoms with E-state index < -0.39 is 10.0 Å². The SMILES string of the molecule is Cc1[nH]nc(S(=O)(=O)NC2CCOCC2)c1CO. The molecule has 0 bridgehead atoms. The van der Waals surface area contributed by atoms with Crippen LogP contribution in [-0.2, 0) is 21.4 Å². The van der Waals surface area contributed by atoms with Crippen molar-refractivity contribution in [1.29, 1.82) is 0 Å². The van der Waals surface area contributed by atoms with Crippen LogP contribution in [0.5, 0.6) is 0 Å². The highest BCUT2D eigenvalue weighted by atomic mass is 32.2. The fraction of sp³-hybridized carbons (Fsp3) is 0.700. The Morgan fingerprint density at radius 3 is 2.78 bits per heavy atom. The van der Waals surface area contributed by atoms with E-state index >= 15 is 0 Å². The number of sulfonamides is 1. The Balaban J connectivity index is 2.19. The van der Waals surface area contributed by atoms with E-state index in [9.17, 15) is 13.5 Å². The molecule has 18 heavy (non-hydrogen) atoms. The highest BCUT2D eigenvalue weighted by molar-refractivity contribution is 7.89. The van der Waals surface area contributed by atoms with E-state index in [1.165, 1.54) is 0 Å². The molecular formula is C10H17N3O4S. The van der Waals surface area contributed by atoms with Gasteiger partial charge in [-0.3, -0.25) is 5.10 Å². The number of nitrogens with one attached hydrogen (secondary N) is 2. The van der Waals surface area contributed by atoms with Gasteiger partial charge in [0, 0.05) is 30.5 Å². The lowest BCUT2D eigenvalue weighted by Gasteiger charge is -2.22. The molecule has 0 unspecified atom stereocenters. The topological polar surface area (TPSA) is 104 Å². The van der Waals surface area contributed by atoms with Gasteiger partial charge in [0.05, 0.1) is 6.61 Å². The van der Waals surface area contributed by atoms with Crippen molar-refractivity contribution in [3.8, 4) is 0 Å². The number of aliphatic hydroxyl groups excluding tert-OH is 1. The first kappa shape index (κ1) is 13.5. The fourth-order valence-corrected chi connectivity index (χ4v) is 3.42. The summed E-state index contributed by atoms with van der Waals surface area (Å²) >= 11 is 0. The van der Waals surface area contributed by atoms with Crippen molar-refractivity contribution in [2.75, 3.05) is 13.2 Å². The van der Waals surface area contributed by atoms with E-state index in [4.69, 9.17) is 4.74 Å². The molecular weight excluding hydrogens is 258 g/mol. The zero-order chi connectivity index (χ0) is 13.2. The van der Waals surface area contributed by atoms with Crippen LogP contribution in [0.25, 0.3) is 0 Å². The second kappa shape index (κ2) is 5.35. The molecule has 2 heterocycles. The number of aromatic nitrogens is 2. The van der Waals surface area contributed by atoms with E-state index in [-0.39, 0.29) is 17.7 Å². The standard InChI is InChI=1S/C10H17N3O4S/c1-7-9(6-14)10(12-11-7)18(15,16)13-8-2-4-17-5-3-8/h8,13-14H,2-6H2,1H3,(H,11,12). The Labute approximate surface area is 106 Å². The molecule has 1 aliphatic heterocycles. The summed E-state index contributed by atoms with van der Waals surface area (Å²) in [5.74, 6) is 0. The van der Waals surface area contributed by atoms with E-state index in [2.05, 4.69) is 14.9 Å². The van der Waals surface area contributed by atoms with Gasteiger partial charge in [0.1, 0.15) is 0 Å². The van der Waals surface area contributed by atoms with Crippen molar-refractivity contribution in [2.24, 2.45) is 0 Å². The molecule has 0 amide bonds. The highest BCUT2D eigenvalue weighted by Gasteiger charge is 2.27. The van der Waals surface area contributed by atoms with Crippen LogP contribution in [0.2, 0.25) is 0 Å². The summed E-state index contributed by atoms with van der Waals surface area (Å²) in [6.45, 7) is 2.43. The van der Waals surface area contributed by atoms with Crippen LogP contribution in [0.1, 0.15) is 24.1 Å². The lowest BCUT2D eigenvalue weighted by Crippen LogP contribution is -2.39. The molecule has 3 N–H and O–H groups in total. The summed E-state index contributed by atoms with van der Waals surface area (Å²) in [5, 5.41) is 15.4. The van der Waals surface area contributed by atoms with Crippen LogP contribution < -0.4 is 4.72 Å². The number of rotatable bonds is 4. The van der Waals surface area contributed by atoms with Gasteiger partial charge in [-0.05, 0) is 19.8 Å². The predicted octanol–water partition coefficient (Wildman–Crippen LogP) is -0.332. The van der Waals surface area contributed by atoms with Crippen molar-refractivity contribution in [2.45, 2.75) is 37.4 Å². The molecule has 1 fully saturated rings. The lowest BCUT2D eigenvalue weighted by atomic mass is 10.1. The summed E-state index contributed by atoms with van der Waals surface area (Å²) in [5.41, 5.74) is 0.874. The first-order valence-electron chi connectivity index (χ1n) is 5.79. The number of aliphatic hydroxyl groups is 1. The number of ether oxygens (including phenoxy) is 1. The molecule has 0 atom stereocenters. The summed E-state index contributed by atoms with van der Waals surface area (Å²) in [6.07, 6.45) is 1.30. The van der Waals surface area contributed by atoms with Gasteiger partial charge in [0.2, 0.25) is 0 Å². The van der Waals surface area contributed by atoms with Gasteiger partial charge in [-0.15, -0.1) is 0 Å². The average molecular weight is 275 g/mol. The Kier molecular flexibility index (Phi) is 4.00. The Morgan fingerprint density at radius 2 is 2.17 bits per heavy atom. The molecule has 0 aliphatic carbocycles. The van der Waals surface area contributed by atoms with Crippen LogP contribution in [0.15, 0.2) is 5.03 Å². The van der Waals surface area contributed by atoms with Gasteiger partial charge in [-0.2, -0.15) is 5.10 Å². The van der Waals surface area contributed by atoms with Crippen molar-refractivity contribution in [1.82, 2.24) is 14.9 Å². The predicted molar refractivity (Wildman–Crippen MR) is 63.4 cm³/mol. The molecule has 0 spiro atoms. The normalized spacial score (nSPS) is 18.1. The largest absolute Gasteiger partial charge is 0.392 e. The van der Waals surface area contributed by atoms with Crippen molar-refractivity contribution in [3.63, 3.8) is 0 Å². The van der Waals surface area contributed by atoms with Crippen molar-refractivity contribution >= 4 is 10.0 Å². The van der Waals surface area contributed by atoms with Crippen molar-refractivity contribution < 1.29 is 18.3 Å². The van der Waals surface area contributed by atoms with Crippen LogP contribution in [0.3, 0.4) is 0 Å². The van der Waals surface area contributed by atoms with Gasteiger partial charge in [-0.25, -0.2) is 13.1 Å². The molecule has 0 radical (unpaired) electrons. The number of aromatic amines is 1. The minimum absolute atomic E-state index is 0.117. The first-order valence-corrected chi connectivity index (χ1v) is 7.27. The van der Waals surface area contributed by atoms with E-state index in [0.29, 0.717) is 37.3 Å². The number of hydrogen-bond donors (Lipinski definition) is 3. The monoisotopic (exact) mass is 275 g/mol. The fourth-order valence-electron chi connectivity index (χ4n) is 1.93. The average Bonchev–Trinajstić information content (AvgIpc) is 2.72. The van der Waals surface area contributed by atoms with Gasteiger partial charge in [-0.1, -0.05) is 0 Å². The summed E-state index contributed by atoms with van der Waals surface area (Å²) in [4.78, 5) is 0. The Hall–Kier alpha value is -0.960. The molecule has 0 saturated carbocycles. The zero-order valence-corrected chi connectivity index (χ0v) is 11.0. The molecule has 0 aromatic carbocycles. The first-order chi connectivity index (χ1) is 8.54. The molecule has 1 saturated heterocycles. The van der Waals surface area contributed by atoms with E-state index in [0.717, 1.165) is 0 Å². The minimum atomic E-state index is -3.69. The third-order valence-corrected chi connectivity index (χ3v) is 4.48. The van der Waals surface area contributed by atoms with E-state index in [1.807, 2.05) is 0 Å². The molecule has 1 aromatic heterocycles. The van der Waals surface area contributed by atoms with Crippen LogP contribution in [0.4, 0.5) is 0 Å². The summed E-state index contributed by atoms with van der Waals surface area (Å²) in [7, 11) is -3.69. The van der Waals surface area contributed by atoms with Crippen LogP contribution in [0, 0.1) is 6.92 Å². The highest BCUT2D eigenvalue weighted by Crippen LogP contribution is 2.18. The minimum Gasteiger partial charge on any atom is -0.392 e. The van der Waals surface area contributed by atoms with Gasteiger partial charge in [0.15, 0.2) is 5.03 Å². The second-order valence-electron chi connectivity index (χ2n) is 4.30. The quantitative estimate of drug-likeness (QED) is 0.698. The van der Waals surface area contributed by atoms with E-state index in [1.54, 1.807) is 6.92 Å². The number of nitrogens with zero attached hydrogens (tertiary/aromatic N) is 1. The van der Waals surface area contributed by atoms with Gasteiger partial charge in [0.25, 0.3) is 10.0 Å². The number of aryl methyl sites for hydroxylation is 1. The maximum Gasteiger partial charge on any atom is 0.260 e. The maximum absolute atomic E-state index is 12.1. The molecule has 2 rings (SSSR count). The van der Waals surface area contributed by atoms with Gasteiger partial charge < -0.3 is 9.84 Å². The molecule has 7 nitrogen and oxygen atoms in total. The Morgan fingerprint density at radius 1 is 1.50 bits per heavy atom. The second-order valence-corrected chi connectivity index (χ2v) is 5.93. The van der Waals surface area contributed by atoms with Gasteiger partial charge >= 0.3 is 0 Å². The number of hydrogen-bond acceptors (Lipinski definition) is 5. The zero-order valence-electron chi connectivity index (χ0n) is 10.1. The maximum atomic E-state index is 12.1. The summed E-state index contributed by atoms with van der Waals surface area (Å²) < 4.78 is 32.1. The number of H-pyrrole nitrogens is 1.